The first-order valence-corrected chi connectivity index (χ1v) is 6.14. The maximum absolute atomic E-state index is 9.99. The molecule has 0 spiro atoms. The first kappa shape index (κ1) is 11.7. The summed E-state index contributed by atoms with van der Waals surface area (Å²) in [5.74, 6) is 1.09. The number of benzene rings is 2. The zero-order valence-electron chi connectivity index (χ0n) is 10.3. The Bertz CT molecular complexity index is 678. The monoisotopic (exact) mass is 254 g/mol. The molecule has 0 unspecified atom stereocenters. The Balaban J connectivity index is 1.81. The highest BCUT2D eigenvalue weighted by molar-refractivity contribution is 5.87. The fraction of sp³-hybridized carbons (Fsp3) is 0.133. The fourth-order valence-electron chi connectivity index (χ4n) is 2.15. The van der Waals surface area contributed by atoms with E-state index >= 15 is 0 Å². The van der Waals surface area contributed by atoms with Gasteiger partial charge < -0.3 is 14.9 Å². The largest absolute Gasteiger partial charge is 0.508 e. The molecule has 0 aliphatic rings. The van der Waals surface area contributed by atoms with Crippen LogP contribution in [0.3, 0.4) is 0 Å². The van der Waals surface area contributed by atoms with Crippen molar-refractivity contribution in [3.63, 3.8) is 0 Å². The van der Waals surface area contributed by atoms with Crippen LogP contribution in [0, 0.1) is 0 Å². The van der Waals surface area contributed by atoms with E-state index in [2.05, 4.69) is 10.5 Å². The summed E-state index contributed by atoms with van der Waals surface area (Å²) in [5.41, 5.74) is 0.901. The van der Waals surface area contributed by atoms with E-state index in [0.29, 0.717) is 18.8 Å². The summed E-state index contributed by atoms with van der Waals surface area (Å²) in [6.45, 7) is 1.16. The van der Waals surface area contributed by atoms with Gasteiger partial charge in [-0.2, -0.15) is 0 Å². The van der Waals surface area contributed by atoms with E-state index in [4.69, 9.17) is 4.52 Å². The summed E-state index contributed by atoms with van der Waals surface area (Å²) >= 11 is 0. The molecule has 0 atom stereocenters. The molecular formula is C15H14N2O2. The van der Waals surface area contributed by atoms with Gasteiger partial charge >= 0.3 is 0 Å². The predicted octanol–water partition coefficient (Wildman–Crippen LogP) is 2.82. The first-order chi connectivity index (χ1) is 9.34. The van der Waals surface area contributed by atoms with Gasteiger partial charge in [0.1, 0.15) is 11.5 Å². The van der Waals surface area contributed by atoms with Crippen molar-refractivity contribution >= 4 is 10.8 Å². The van der Waals surface area contributed by atoms with Gasteiger partial charge in [-0.3, -0.25) is 0 Å². The normalized spacial score (nSPS) is 10.9. The van der Waals surface area contributed by atoms with E-state index in [1.165, 1.54) is 0 Å². The molecule has 0 aliphatic heterocycles. The SMILES string of the molecule is Oc1ccc2ccccc2c1CNCc1ccno1. The maximum atomic E-state index is 9.99. The summed E-state index contributed by atoms with van der Waals surface area (Å²) < 4.78 is 5.01. The second-order valence-electron chi connectivity index (χ2n) is 4.37. The lowest BCUT2D eigenvalue weighted by molar-refractivity contribution is 0.372. The molecule has 3 rings (SSSR count). The number of hydrogen-bond acceptors (Lipinski definition) is 4. The molecular weight excluding hydrogens is 240 g/mol. The molecule has 0 amide bonds. The first-order valence-electron chi connectivity index (χ1n) is 6.14. The van der Waals surface area contributed by atoms with Crippen molar-refractivity contribution in [2.75, 3.05) is 0 Å². The zero-order valence-corrected chi connectivity index (χ0v) is 10.3. The highest BCUT2D eigenvalue weighted by Gasteiger charge is 2.06. The van der Waals surface area contributed by atoms with Crippen LogP contribution in [0.2, 0.25) is 0 Å². The number of nitrogens with zero attached hydrogens (tertiary/aromatic N) is 1. The number of aromatic hydroxyl groups is 1. The molecule has 0 radical (unpaired) electrons. The van der Waals surface area contributed by atoms with Gasteiger partial charge in [-0.15, -0.1) is 0 Å². The number of aromatic nitrogens is 1. The van der Waals surface area contributed by atoms with Crippen LogP contribution in [-0.2, 0) is 13.1 Å². The van der Waals surface area contributed by atoms with Gasteiger partial charge in [0, 0.05) is 18.2 Å². The van der Waals surface area contributed by atoms with E-state index in [1.54, 1.807) is 12.3 Å². The molecule has 4 heteroatoms. The van der Waals surface area contributed by atoms with Crippen molar-refractivity contribution < 1.29 is 9.63 Å². The van der Waals surface area contributed by atoms with Crippen molar-refractivity contribution in [2.45, 2.75) is 13.1 Å². The Morgan fingerprint density at radius 3 is 2.79 bits per heavy atom. The molecule has 0 saturated carbocycles. The predicted molar refractivity (Wildman–Crippen MR) is 72.7 cm³/mol. The highest BCUT2D eigenvalue weighted by Crippen LogP contribution is 2.26. The van der Waals surface area contributed by atoms with E-state index in [9.17, 15) is 5.11 Å². The van der Waals surface area contributed by atoms with E-state index < -0.39 is 0 Å². The lowest BCUT2D eigenvalue weighted by Gasteiger charge is -2.09. The van der Waals surface area contributed by atoms with Crippen molar-refractivity contribution in [1.82, 2.24) is 10.5 Å². The van der Waals surface area contributed by atoms with Crippen LogP contribution in [-0.4, -0.2) is 10.3 Å². The standard InChI is InChI=1S/C15H14N2O2/c18-15-6-5-11-3-1-2-4-13(11)14(15)10-16-9-12-7-8-17-19-12/h1-8,16,18H,9-10H2. The molecule has 0 aliphatic carbocycles. The maximum Gasteiger partial charge on any atom is 0.150 e. The summed E-state index contributed by atoms with van der Waals surface area (Å²) in [5, 5.41) is 19.1. The number of fused-ring (bicyclic) bond motifs is 1. The van der Waals surface area contributed by atoms with Crippen LogP contribution in [0.25, 0.3) is 10.8 Å². The van der Waals surface area contributed by atoms with Gasteiger partial charge in [0.15, 0.2) is 0 Å². The molecule has 0 saturated heterocycles. The Kier molecular flexibility index (Phi) is 3.16. The molecule has 2 N–H and O–H groups in total. The third-order valence-corrected chi connectivity index (χ3v) is 3.11. The van der Waals surface area contributed by atoms with Crippen molar-refractivity contribution in [3.8, 4) is 5.75 Å². The van der Waals surface area contributed by atoms with Crippen LogP contribution in [0.5, 0.6) is 5.75 Å². The van der Waals surface area contributed by atoms with E-state index in [-0.39, 0.29) is 0 Å². The number of phenols is 1. The molecule has 0 bridgehead atoms. The summed E-state index contributed by atoms with van der Waals surface area (Å²) in [6, 6.07) is 13.5. The summed E-state index contributed by atoms with van der Waals surface area (Å²) in [4.78, 5) is 0. The van der Waals surface area contributed by atoms with Crippen LogP contribution >= 0.6 is 0 Å². The number of phenolic OH excluding ortho intramolecular Hbond substituents is 1. The molecule has 0 fully saturated rings. The van der Waals surface area contributed by atoms with Crippen LogP contribution < -0.4 is 5.32 Å². The minimum Gasteiger partial charge on any atom is -0.508 e. The van der Waals surface area contributed by atoms with Gasteiger partial charge in [0.25, 0.3) is 0 Å². The van der Waals surface area contributed by atoms with Gasteiger partial charge in [0.05, 0.1) is 12.7 Å². The average Bonchev–Trinajstić information content (AvgIpc) is 2.94. The molecule has 2 aromatic carbocycles. The summed E-state index contributed by atoms with van der Waals surface area (Å²) in [6.07, 6.45) is 1.62. The topological polar surface area (TPSA) is 58.3 Å². The van der Waals surface area contributed by atoms with E-state index in [0.717, 1.165) is 22.1 Å². The van der Waals surface area contributed by atoms with Crippen LogP contribution in [0.4, 0.5) is 0 Å². The molecule has 3 aromatic rings. The Labute approximate surface area is 110 Å². The van der Waals surface area contributed by atoms with Crippen molar-refractivity contribution in [3.05, 3.63) is 60.0 Å². The molecule has 19 heavy (non-hydrogen) atoms. The number of rotatable bonds is 4. The van der Waals surface area contributed by atoms with Crippen molar-refractivity contribution in [2.24, 2.45) is 0 Å². The van der Waals surface area contributed by atoms with E-state index in [1.807, 2.05) is 36.4 Å². The molecule has 4 nitrogen and oxygen atoms in total. The van der Waals surface area contributed by atoms with Gasteiger partial charge in [0.2, 0.25) is 0 Å². The second-order valence-corrected chi connectivity index (χ2v) is 4.37. The van der Waals surface area contributed by atoms with Crippen molar-refractivity contribution in [1.29, 1.82) is 0 Å². The fourth-order valence-corrected chi connectivity index (χ4v) is 2.15. The van der Waals surface area contributed by atoms with Crippen LogP contribution in [0.15, 0.2) is 53.2 Å². The second kappa shape index (κ2) is 5.12. The quantitative estimate of drug-likeness (QED) is 0.751. The zero-order chi connectivity index (χ0) is 13.1. The van der Waals surface area contributed by atoms with Gasteiger partial charge in [-0.05, 0) is 16.8 Å². The van der Waals surface area contributed by atoms with Gasteiger partial charge in [-0.25, -0.2) is 0 Å². The van der Waals surface area contributed by atoms with Crippen LogP contribution in [0.1, 0.15) is 11.3 Å². The Morgan fingerprint density at radius 2 is 1.95 bits per heavy atom. The third kappa shape index (κ3) is 2.44. The molecule has 96 valence electrons. The number of nitrogens with one attached hydrogen (secondary N) is 1. The minimum absolute atomic E-state index is 0.309. The Hall–Kier alpha value is -2.33. The Morgan fingerprint density at radius 1 is 1.05 bits per heavy atom. The number of hydrogen-bond donors (Lipinski definition) is 2. The molecule has 1 aromatic heterocycles. The molecule has 1 heterocycles. The van der Waals surface area contributed by atoms with Gasteiger partial charge in [-0.1, -0.05) is 35.5 Å². The minimum atomic E-state index is 0.309. The average molecular weight is 254 g/mol. The third-order valence-electron chi connectivity index (χ3n) is 3.11. The summed E-state index contributed by atoms with van der Waals surface area (Å²) in [7, 11) is 0. The highest BCUT2D eigenvalue weighted by atomic mass is 16.5. The smallest absolute Gasteiger partial charge is 0.150 e. The lowest BCUT2D eigenvalue weighted by atomic mass is 10.0. The lowest BCUT2D eigenvalue weighted by Crippen LogP contribution is -2.12.